The maximum atomic E-state index is 11.8. The van der Waals surface area contributed by atoms with Crippen LogP contribution in [-0.2, 0) is 31.1 Å². The molecule has 2 atom stereocenters. The molecule has 1 saturated heterocycles. The maximum Gasteiger partial charge on any atom is 0.326 e. The Bertz CT molecular complexity index is 1930. The summed E-state index contributed by atoms with van der Waals surface area (Å²) in [5.41, 5.74) is 6.35. The smallest absolute Gasteiger partial charge is 0.326 e. The maximum absolute atomic E-state index is 11.8. The normalized spacial score (nSPS) is 15.7. The molecule has 1 aliphatic heterocycles. The number of hydrogen-bond donors (Lipinski definition) is 4. The first-order valence-corrected chi connectivity index (χ1v) is 17.8. The first kappa shape index (κ1) is 38.7. The molecule has 0 radical (unpaired) electrons. The highest BCUT2D eigenvalue weighted by Gasteiger charge is 2.32. The van der Waals surface area contributed by atoms with E-state index in [1.54, 1.807) is 24.4 Å². The molecule has 0 bridgehead atoms. The van der Waals surface area contributed by atoms with Gasteiger partial charge < -0.3 is 29.7 Å². The van der Waals surface area contributed by atoms with Crippen molar-refractivity contribution in [2.24, 2.45) is 0 Å². The van der Waals surface area contributed by atoms with Gasteiger partial charge in [0, 0.05) is 67.0 Å². The first-order chi connectivity index (χ1) is 24.9. The van der Waals surface area contributed by atoms with Gasteiger partial charge in [-0.05, 0) is 82.3 Å². The SMILES string of the molecule is Cc1nn(CCCCN2CC[C@H](O)C2)c(C)c1-c1cccc(COc2cc(OCc3cncc(C#N)c3)c(CN[C@](C)(CO)C(=O)O)cc2Cl)c1C. The summed E-state index contributed by atoms with van der Waals surface area (Å²) in [6.07, 6.45) is 5.79. The number of aliphatic hydroxyl groups is 2. The van der Waals surface area contributed by atoms with Gasteiger partial charge >= 0.3 is 5.97 Å². The molecule has 0 spiro atoms. The lowest BCUT2D eigenvalue weighted by molar-refractivity contribution is -0.145. The van der Waals surface area contributed by atoms with Crippen molar-refractivity contribution in [2.75, 3.05) is 26.2 Å². The number of aromatic nitrogens is 3. The highest BCUT2D eigenvalue weighted by Crippen LogP contribution is 2.36. The molecule has 1 aliphatic rings. The Labute approximate surface area is 309 Å². The number of ether oxygens (including phenoxy) is 2. The summed E-state index contributed by atoms with van der Waals surface area (Å²) >= 11 is 6.73. The van der Waals surface area contributed by atoms with Gasteiger partial charge in [-0.25, -0.2) is 0 Å². The van der Waals surface area contributed by atoms with Crippen LogP contribution in [0, 0.1) is 32.1 Å². The minimum absolute atomic E-state index is 0.0330. The molecule has 0 unspecified atom stereocenters. The van der Waals surface area contributed by atoms with E-state index in [4.69, 9.17) is 26.2 Å². The predicted octanol–water partition coefficient (Wildman–Crippen LogP) is 5.33. The first-order valence-electron chi connectivity index (χ1n) is 17.5. The highest BCUT2D eigenvalue weighted by molar-refractivity contribution is 6.32. The van der Waals surface area contributed by atoms with E-state index < -0.39 is 18.1 Å². The van der Waals surface area contributed by atoms with Gasteiger partial charge in [-0.2, -0.15) is 10.4 Å². The lowest BCUT2D eigenvalue weighted by Crippen LogP contribution is -2.52. The third-order valence-corrected chi connectivity index (χ3v) is 10.0. The van der Waals surface area contributed by atoms with Gasteiger partial charge in [0.15, 0.2) is 0 Å². The van der Waals surface area contributed by atoms with Gasteiger partial charge in [-0.15, -0.1) is 0 Å². The van der Waals surface area contributed by atoms with Crippen LogP contribution in [0.3, 0.4) is 0 Å². The lowest BCUT2D eigenvalue weighted by Gasteiger charge is -2.25. The van der Waals surface area contributed by atoms with Crippen molar-refractivity contribution in [1.82, 2.24) is 25.0 Å². The monoisotopic (exact) mass is 730 g/mol. The summed E-state index contributed by atoms with van der Waals surface area (Å²) in [5, 5.41) is 46.6. The number of aryl methyl sites for hydroxylation is 2. The molecule has 276 valence electrons. The van der Waals surface area contributed by atoms with E-state index >= 15 is 0 Å². The molecule has 0 aliphatic carbocycles. The molecule has 4 N–H and O–H groups in total. The molecular formula is C39H47ClN6O6. The molecule has 0 saturated carbocycles. The van der Waals surface area contributed by atoms with Crippen LogP contribution in [0.1, 0.15) is 65.4 Å². The van der Waals surface area contributed by atoms with Gasteiger partial charge in [0.05, 0.1) is 29.0 Å². The molecule has 5 rings (SSSR count). The zero-order chi connectivity index (χ0) is 37.4. The summed E-state index contributed by atoms with van der Waals surface area (Å²) < 4.78 is 14.6. The van der Waals surface area contributed by atoms with Crippen LogP contribution in [0.2, 0.25) is 5.02 Å². The van der Waals surface area contributed by atoms with E-state index in [0.717, 1.165) is 79.1 Å². The fourth-order valence-electron chi connectivity index (χ4n) is 6.42. The van der Waals surface area contributed by atoms with E-state index in [1.165, 1.54) is 13.1 Å². The Balaban J connectivity index is 1.32. The quantitative estimate of drug-likeness (QED) is 0.104. The molecular weight excluding hydrogens is 684 g/mol. The Morgan fingerprint density at radius 1 is 1.10 bits per heavy atom. The Hall–Kier alpha value is -4.51. The molecule has 12 nitrogen and oxygen atoms in total. The number of likely N-dealkylation sites (tertiary alicyclic amines) is 1. The summed E-state index contributed by atoms with van der Waals surface area (Å²) in [6, 6.07) is 13.2. The number of carbonyl (C=O) groups is 1. The van der Waals surface area contributed by atoms with Crippen molar-refractivity contribution in [1.29, 1.82) is 5.26 Å². The van der Waals surface area contributed by atoms with Crippen molar-refractivity contribution in [2.45, 2.75) is 84.9 Å². The average Bonchev–Trinajstić information content (AvgIpc) is 3.68. The van der Waals surface area contributed by atoms with Gasteiger partial charge in [0.25, 0.3) is 0 Å². The van der Waals surface area contributed by atoms with Crippen LogP contribution < -0.4 is 14.8 Å². The third-order valence-electron chi connectivity index (χ3n) is 9.71. The number of carboxylic acids is 1. The van der Waals surface area contributed by atoms with Crippen molar-refractivity contribution in [3.63, 3.8) is 0 Å². The summed E-state index contributed by atoms with van der Waals surface area (Å²) in [6.45, 7) is 10.9. The van der Waals surface area contributed by atoms with Crippen LogP contribution in [0.15, 0.2) is 48.8 Å². The number of nitriles is 1. The number of pyridine rings is 1. The van der Waals surface area contributed by atoms with Crippen molar-refractivity contribution < 1.29 is 29.6 Å². The number of carboxylic acid groups (broad SMARTS) is 1. The minimum Gasteiger partial charge on any atom is -0.488 e. The van der Waals surface area contributed by atoms with Crippen LogP contribution in [0.25, 0.3) is 11.1 Å². The Kier molecular flexibility index (Phi) is 12.9. The molecule has 52 heavy (non-hydrogen) atoms. The van der Waals surface area contributed by atoms with Crippen LogP contribution >= 0.6 is 11.6 Å². The number of β-amino-alcohol motifs (C(OH)–C–C–N with tert-alkyl or cyclic N) is 1. The minimum atomic E-state index is -1.58. The highest BCUT2D eigenvalue weighted by atomic mass is 35.5. The number of hydrogen-bond acceptors (Lipinski definition) is 10. The fourth-order valence-corrected chi connectivity index (χ4v) is 6.66. The molecule has 1 fully saturated rings. The van der Waals surface area contributed by atoms with Gasteiger partial charge in [-0.1, -0.05) is 29.8 Å². The number of rotatable bonds is 17. The molecule has 13 heteroatoms. The number of aliphatic carboxylic acids is 1. The Morgan fingerprint density at radius 3 is 2.58 bits per heavy atom. The predicted molar refractivity (Wildman–Crippen MR) is 197 cm³/mol. The van der Waals surface area contributed by atoms with E-state index in [9.17, 15) is 25.4 Å². The van der Waals surface area contributed by atoms with Crippen LogP contribution in [0.5, 0.6) is 11.5 Å². The van der Waals surface area contributed by atoms with Gasteiger partial charge in [0.2, 0.25) is 0 Å². The fraction of sp³-hybridized carbons (Fsp3) is 0.436. The zero-order valence-corrected chi connectivity index (χ0v) is 30.9. The second-order valence-electron chi connectivity index (χ2n) is 13.6. The van der Waals surface area contributed by atoms with Crippen molar-refractivity contribution in [3.8, 4) is 28.7 Å². The van der Waals surface area contributed by atoms with Gasteiger partial charge in [0.1, 0.15) is 36.3 Å². The Morgan fingerprint density at radius 2 is 1.87 bits per heavy atom. The van der Waals surface area contributed by atoms with E-state index in [1.807, 2.05) is 19.1 Å². The number of nitrogens with one attached hydrogen (secondary N) is 1. The van der Waals surface area contributed by atoms with Crippen molar-refractivity contribution in [3.05, 3.63) is 93.0 Å². The number of halogens is 1. The van der Waals surface area contributed by atoms with Gasteiger partial charge in [-0.3, -0.25) is 19.8 Å². The summed E-state index contributed by atoms with van der Waals surface area (Å²) in [4.78, 5) is 18.2. The number of aliphatic hydroxyl groups excluding tert-OH is 2. The second-order valence-corrected chi connectivity index (χ2v) is 14.0. The van der Waals surface area contributed by atoms with E-state index in [2.05, 4.69) is 45.9 Å². The van der Waals surface area contributed by atoms with Crippen LogP contribution in [0.4, 0.5) is 0 Å². The standard InChI is InChI=1S/C39H47ClN6O6/c1-25-30(8-7-9-33(25)37-26(2)44-46(27(37)3)12-6-5-11-45-13-10-32(48)21-45)23-52-36-16-35(51-22-29-14-28(17-41)18-42-19-29)31(15-34(36)40)20-43-39(4,24-47)38(49)50/h7-9,14-16,18-19,32,43,47-48H,5-6,10-13,20-24H2,1-4H3,(H,49,50)/t32-,39+/m0/s1. The second kappa shape index (κ2) is 17.3. The van der Waals surface area contributed by atoms with E-state index in [0.29, 0.717) is 33.2 Å². The molecule has 2 aromatic heterocycles. The summed E-state index contributed by atoms with van der Waals surface area (Å²) in [7, 11) is 0. The zero-order valence-electron chi connectivity index (χ0n) is 30.2. The lowest BCUT2D eigenvalue weighted by atomic mass is 9.95. The number of benzene rings is 2. The topological polar surface area (TPSA) is 166 Å². The average molecular weight is 731 g/mol. The molecule has 2 aromatic carbocycles. The third kappa shape index (κ3) is 9.28. The number of unbranched alkanes of at least 4 members (excludes halogenated alkanes) is 1. The molecule has 3 heterocycles. The molecule has 4 aromatic rings. The molecule has 0 amide bonds. The van der Waals surface area contributed by atoms with Crippen molar-refractivity contribution >= 4 is 17.6 Å². The largest absolute Gasteiger partial charge is 0.488 e. The van der Waals surface area contributed by atoms with E-state index in [-0.39, 0.29) is 25.9 Å². The number of nitrogens with zero attached hydrogens (tertiary/aromatic N) is 5. The van der Waals surface area contributed by atoms with Crippen LogP contribution in [-0.4, -0.2) is 78.8 Å². The summed E-state index contributed by atoms with van der Waals surface area (Å²) in [5.74, 6) is -0.434.